The molecule has 2 aliphatic rings. The zero-order valence-electron chi connectivity index (χ0n) is 18.6. The Balaban J connectivity index is 1.18. The van der Waals surface area contributed by atoms with Crippen LogP contribution in [-0.4, -0.2) is 48.6 Å². The highest BCUT2D eigenvalue weighted by molar-refractivity contribution is 5.27. The van der Waals surface area contributed by atoms with E-state index in [9.17, 15) is 0 Å². The summed E-state index contributed by atoms with van der Waals surface area (Å²) in [4.78, 5) is 5.17. The maximum absolute atomic E-state index is 6.26. The molecular weight excluding hydrogens is 368 g/mol. The first-order chi connectivity index (χ1) is 14.8. The van der Waals surface area contributed by atoms with E-state index in [1.807, 2.05) is 0 Å². The van der Waals surface area contributed by atoms with Crippen molar-refractivity contribution < 1.29 is 4.74 Å². The first-order valence-electron chi connectivity index (χ1n) is 12.0. The standard InChI is InChI=1S/C27H38N2O/c1-2-16-28-19-14-27(15-20-28)30-26-10-8-25(9-11-26)22-29-17-12-24(13-18-29)21-23-6-4-3-5-7-23/h3-11,24,27H,2,12-22H2,1H3. The molecule has 0 amide bonds. The number of likely N-dealkylation sites (tertiary alicyclic amines) is 2. The zero-order valence-corrected chi connectivity index (χ0v) is 18.6. The van der Waals surface area contributed by atoms with E-state index in [1.165, 1.54) is 69.5 Å². The Bertz CT molecular complexity index is 729. The summed E-state index contributed by atoms with van der Waals surface area (Å²) in [5.74, 6) is 1.87. The molecule has 30 heavy (non-hydrogen) atoms. The monoisotopic (exact) mass is 406 g/mol. The van der Waals surface area contributed by atoms with Gasteiger partial charge in [-0.2, -0.15) is 0 Å². The van der Waals surface area contributed by atoms with Gasteiger partial charge in [0.25, 0.3) is 0 Å². The maximum Gasteiger partial charge on any atom is 0.119 e. The normalized spacial score (nSPS) is 19.8. The van der Waals surface area contributed by atoms with Crippen LogP contribution in [0.1, 0.15) is 50.2 Å². The first-order valence-corrected chi connectivity index (χ1v) is 12.0. The fourth-order valence-corrected chi connectivity index (χ4v) is 4.99. The van der Waals surface area contributed by atoms with E-state index in [-0.39, 0.29) is 0 Å². The molecule has 162 valence electrons. The Labute approximate surface area is 183 Å². The van der Waals surface area contributed by atoms with Gasteiger partial charge < -0.3 is 9.64 Å². The summed E-state index contributed by atoms with van der Waals surface area (Å²) in [5.41, 5.74) is 2.89. The molecule has 2 fully saturated rings. The van der Waals surface area contributed by atoms with Crippen molar-refractivity contribution >= 4 is 0 Å². The second-order valence-electron chi connectivity index (χ2n) is 9.21. The number of hydrogen-bond acceptors (Lipinski definition) is 3. The maximum atomic E-state index is 6.26. The second kappa shape index (κ2) is 11.0. The van der Waals surface area contributed by atoms with Crippen molar-refractivity contribution in [3.05, 3.63) is 65.7 Å². The molecule has 2 aromatic rings. The minimum atomic E-state index is 0.382. The molecule has 0 unspecified atom stereocenters. The second-order valence-corrected chi connectivity index (χ2v) is 9.21. The van der Waals surface area contributed by atoms with E-state index in [0.29, 0.717) is 6.10 Å². The lowest BCUT2D eigenvalue weighted by Crippen LogP contribution is -2.38. The van der Waals surface area contributed by atoms with Gasteiger partial charge >= 0.3 is 0 Å². The fraction of sp³-hybridized carbons (Fsp3) is 0.556. The molecule has 0 atom stereocenters. The molecule has 0 bridgehead atoms. The van der Waals surface area contributed by atoms with Gasteiger partial charge in [-0.25, -0.2) is 0 Å². The summed E-state index contributed by atoms with van der Waals surface area (Å²) in [6.07, 6.45) is 7.79. The minimum absolute atomic E-state index is 0.382. The summed E-state index contributed by atoms with van der Waals surface area (Å²) in [7, 11) is 0. The summed E-state index contributed by atoms with van der Waals surface area (Å²) in [6, 6.07) is 19.8. The Kier molecular flexibility index (Phi) is 7.82. The minimum Gasteiger partial charge on any atom is -0.490 e. The van der Waals surface area contributed by atoms with Crippen LogP contribution < -0.4 is 4.74 Å². The van der Waals surface area contributed by atoms with Crippen LogP contribution in [0.25, 0.3) is 0 Å². The molecule has 2 aromatic carbocycles. The van der Waals surface area contributed by atoms with Gasteiger partial charge in [0, 0.05) is 19.6 Å². The van der Waals surface area contributed by atoms with Gasteiger partial charge in [0.05, 0.1) is 0 Å². The largest absolute Gasteiger partial charge is 0.490 e. The molecule has 0 N–H and O–H groups in total. The van der Waals surface area contributed by atoms with Crippen LogP contribution in [0.3, 0.4) is 0 Å². The number of benzene rings is 2. The van der Waals surface area contributed by atoms with Gasteiger partial charge in [-0.3, -0.25) is 4.90 Å². The van der Waals surface area contributed by atoms with Gasteiger partial charge in [0.2, 0.25) is 0 Å². The van der Waals surface area contributed by atoms with E-state index in [2.05, 4.69) is 71.3 Å². The van der Waals surface area contributed by atoms with Crippen LogP contribution in [0.4, 0.5) is 0 Å². The molecule has 2 saturated heterocycles. The number of rotatable bonds is 8. The third kappa shape index (κ3) is 6.33. The van der Waals surface area contributed by atoms with Gasteiger partial charge in [-0.1, -0.05) is 49.4 Å². The lowest BCUT2D eigenvalue weighted by atomic mass is 9.90. The third-order valence-corrected chi connectivity index (χ3v) is 6.78. The van der Waals surface area contributed by atoms with E-state index in [0.717, 1.165) is 31.1 Å². The SMILES string of the molecule is CCCN1CCC(Oc2ccc(CN3CCC(Cc4ccccc4)CC3)cc2)CC1. The van der Waals surface area contributed by atoms with Crippen LogP contribution in [0.2, 0.25) is 0 Å². The van der Waals surface area contributed by atoms with Crippen LogP contribution >= 0.6 is 0 Å². The average Bonchev–Trinajstić information content (AvgIpc) is 2.79. The van der Waals surface area contributed by atoms with Crippen LogP contribution in [-0.2, 0) is 13.0 Å². The lowest BCUT2D eigenvalue weighted by Gasteiger charge is -2.32. The molecular formula is C27H38N2O. The van der Waals surface area contributed by atoms with Crippen molar-refractivity contribution in [2.75, 3.05) is 32.7 Å². The van der Waals surface area contributed by atoms with Crippen molar-refractivity contribution in [2.45, 2.75) is 58.1 Å². The molecule has 0 radical (unpaired) electrons. The van der Waals surface area contributed by atoms with E-state index in [1.54, 1.807) is 0 Å². The van der Waals surface area contributed by atoms with Gasteiger partial charge in [0.1, 0.15) is 11.9 Å². The third-order valence-electron chi connectivity index (χ3n) is 6.78. The quantitative estimate of drug-likeness (QED) is 0.584. The average molecular weight is 407 g/mol. The highest BCUT2D eigenvalue weighted by Crippen LogP contribution is 2.24. The number of nitrogens with zero attached hydrogens (tertiary/aromatic N) is 2. The van der Waals surface area contributed by atoms with Crippen molar-refractivity contribution in [3.8, 4) is 5.75 Å². The van der Waals surface area contributed by atoms with Gasteiger partial charge in [-0.15, -0.1) is 0 Å². The Morgan fingerprint density at radius 2 is 1.43 bits per heavy atom. The summed E-state index contributed by atoms with van der Waals surface area (Å²) >= 11 is 0. The van der Waals surface area contributed by atoms with E-state index >= 15 is 0 Å². The van der Waals surface area contributed by atoms with Gasteiger partial charge in [0.15, 0.2) is 0 Å². The molecule has 2 heterocycles. The molecule has 3 heteroatoms. The smallest absolute Gasteiger partial charge is 0.119 e. The van der Waals surface area contributed by atoms with Gasteiger partial charge in [-0.05, 0) is 87.3 Å². The number of piperidine rings is 2. The summed E-state index contributed by atoms with van der Waals surface area (Å²) in [5, 5.41) is 0. The Morgan fingerprint density at radius 3 is 2.10 bits per heavy atom. The highest BCUT2D eigenvalue weighted by Gasteiger charge is 2.21. The van der Waals surface area contributed by atoms with Crippen molar-refractivity contribution in [1.29, 1.82) is 0 Å². The molecule has 0 aliphatic carbocycles. The van der Waals surface area contributed by atoms with Crippen molar-refractivity contribution in [3.63, 3.8) is 0 Å². The zero-order chi connectivity index (χ0) is 20.6. The molecule has 0 spiro atoms. The van der Waals surface area contributed by atoms with Crippen LogP contribution in [0.15, 0.2) is 54.6 Å². The first kappa shape index (κ1) is 21.4. The van der Waals surface area contributed by atoms with E-state index in [4.69, 9.17) is 4.74 Å². The lowest BCUT2D eigenvalue weighted by molar-refractivity contribution is 0.101. The Morgan fingerprint density at radius 1 is 0.767 bits per heavy atom. The molecule has 4 rings (SSSR count). The van der Waals surface area contributed by atoms with Crippen LogP contribution in [0, 0.1) is 5.92 Å². The van der Waals surface area contributed by atoms with E-state index < -0.39 is 0 Å². The predicted molar refractivity (Wildman–Crippen MR) is 125 cm³/mol. The van der Waals surface area contributed by atoms with Crippen LogP contribution in [0.5, 0.6) is 5.75 Å². The topological polar surface area (TPSA) is 15.7 Å². The van der Waals surface area contributed by atoms with Crippen molar-refractivity contribution in [2.24, 2.45) is 5.92 Å². The molecule has 0 aromatic heterocycles. The molecule has 2 aliphatic heterocycles. The summed E-state index contributed by atoms with van der Waals surface area (Å²) < 4.78 is 6.26. The Hall–Kier alpha value is -1.84. The predicted octanol–water partition coefficient (Wildman–Crippen LogP) is 5.39. The number of ether oxygens (including phenoxy) is 1. The molecule has 0 saturated carbocycles. The molecule has 3 nitrogen and oxygen atoms in total. The summed E-state index contributed by atoms with van der Waals surface area (Å²) in [6.45, 7) is 9.33. The fourth-order valence-electron chi connectivity index (χ4n) is 4.99. The van der Waals surface area contributed by atoms with Crippen molar-refractivity contribution in [1.82, 2.24) is 9.80 Å². The number of hydrogen-bond donors (Lipinski definition) is 0. The highest BCUT2D eigenvalue weighted by atomic mass is 16.5.